The summed E-state index contributed by atoms with van der Waals surface area (Å²) in [4.78, 5) is 49.4. The van der Waals surface area contributed by atoms with Gasteiger partial charge >= 0.3 is 17.9 Å². The Bertz CT molecular complexity index is 900. The Kier molecular flexibility index (Phi) is 6.84. The van der Waals surface area contributed by atoms with Gasteiger partial charge in [0, 0.05) is 43.4 Å². The Morgan fingerprint density at radius 2 is 1.60 bits per heavy atom. The average molecular weight is 493 g/mol. The first-order chi connectivity index (χ1) is 16.4. The zero-order chi connectivity index (χ0) is 25.8. The van der Waals surface area contributed by atoms with Crippen molar-refractivity contribution in [3.05, 3.63) is 0 Å². The van der Waals surface area contributed by atoms with Crippen LogP contribution in [0.5, 0.6) is 0 Å². The van der Waals surface area contributed by atoms with Gasteiger partial charge in [0.05, 0.1) is 6.61 Å². The van der Waals surface area contributed by atoms with Crippen molar-refractivity contribution in [2.75, 3.05) is 6.61 Å². The van der Waals surface area contributed by atoms with Crippen LogP contribution in [0.4, 0.5) is 0 Å². The van der Waals surface area contributed by atoms with Crippen LogP contribution in [0, 0.1) is 34.5 Å². The van der Waals surface area contributed by atoms with E-state index in [1.165, 1.54) is 20.8 Å². The fourth-order valence-electron chi connectivity index (χ4n) is 8.84. The number of aliphatic hydroxyl groups is 1. The summed E-state index contributed by atoms with van der Waals surface area (Å²) in [6.45, 7) is 7.69. The van der Waals surface area contributed by atoms with Crippen LogP contribution >= 0.6 is 0 Å². The van der Waals surface area contributed by atoms with Crippen molar-refractivity contribution in [1.29, 1.82) is 0 Å². The highest BCUT2D eigenvalue weighted by atomic mass is 16.6. The molecule has 1 N–H and O–H groups in total. The number of Topliss-reactive ketones (excluding diaryl/α,β-unsaturated/α-hetero) is 1. The summed E-state index contributed by atoms with van der Waals surface area (Å²) in [5.41, 5.74) is -2.77. The topological polar surface area (TPSA) is 116 Å². The van der Waals surface area contributed by atoms with Gasteiger partial charge in [-0.3, -0.25) is 19.2 Å². The maximum absolute atomic E-state index is 12.9. The largest absolute Gasteiger partial charge is 0.465 e. The van der Waals surface area contributed by atoms with Crippen LogP contribution in [0.1, 0.15) is 86.0 Å². The molecule has 0 aliphatic heterocycles. The van der Waals surface area contributed by atoms with Gasteiger partial charge in [0.15, 0.2) is 0 Å². The van der Waals surface area contributed by atoms with Crippen molar-refractivity contribution in [1.82, 2.24) is 0 Å². The molecule has 4 aliphatic carbocycles. The highest BCUT2D eigenvalue weighted by Gasteiger charge is 2.75. The number of ether oxygens (including phenoxy) is 3. The van der Waals surface area contributed by atoms with Crippen molar-refractivity contribution >= 4 is 23.7 Å². The second-order valence-electron chi connectivity index (χ2n) is 11.8. The molecule has 0 aromatic carbocycles. The van der Waals surface area contributed by atoms with Gasteiger partial charge in [-0.2, -0.15) is 0 Å². The van der Waals surface area contributed by atoms with Gasteiger partial charge in [0.2, 0.25) is 0 Å². The minimum atomic E-state index is -1.43. The molecule has 0 amide bonds. The van der Waals surface area contributed by atoms with Crippen LogP contribution in [0.15, 0.2) is 0 Å². The van der Waals surface area contributed by atoms with Crippen LogP contribution in [-0.4, -0.2) is 53.2 Å². The number of hydrogen-bond acceptors (Lipinski definition) is 8. The summed E-state index contributed by atoms with van der Waals surface area (Å²) in [6.07, 6.45) is 4.32. The number of rotatable bonds is 5. The van der Waals surface area contributed by atoms with Gasteiger partial charge < -0.3 is 19.3 Å². The maximum atomic E-state index is 12.9. The normalized spacial score (nSPS) is 44.3. The lowest BCUT2D eigenvalue weighted by Gasteiger charge is -2.68. The fraction of sp³-hybridized carbons (Fsp3) is 0.852. The quantitative estimate of drug-likeness (QED) is 0.459. The molecule has 0 aromatic rings. The van der Waals surface area contributed by atoms with E-state index in [9.17, 15) is 24.3 Å². The van der Waals surface area contributed by atoms with E-state index in [0.717, 1.165) is 25.7 Å². The van der Waals surface area contributed by atoms with E-state index < -0.39 is 58.4 Å². The Balaban J connectivity index is 1.91. The molecule has 4 aliphatic rings. The Morgan fingerprint density at radius 3 is 2.20 bits per heavy atom. The minimum Gasteiger partial charge on any atom is -0.465 e. The lowest BCUT2D eigenvalue weighted by Crippen LogP contribution is -2.75. The molecule has 0 bridgehead atoms. The third-order valence-corrected chi connectivity index (χ3v) is 10.1. The SMILES string of the molecule is CC(=O)OC[C@]12C[C@@H](OC(C)=O)[C@@]3(O)[C@@H]([C@H](OC(C)=O)C[C@@H]4CCCC[C@@]43C)[C@@H]1CC[C@@H]2C(C)=O. The molecular formula is C27H40O8. The molecule has 35 heavy (non-hydrogen) atoms. The third-order valence-electron chi connectivity index (χ3n) is 10.1. The predicted molar refractivity (Wildman–Crippen MR) is 125 cm³/mol. The van der Waals surface area contributed by atoms with Gasteiger partial charge in [-0.25, -0.2) is 0 Å². The van der Waals surface area contributed by atoms with Crippen LogP contribution < -0.4 is 0 Å². The molecule has 0 spiro atoms. The second-order valence-corrected chi connectivity index (χ2v) is 11.8. The van der Waals surface area contributed by atoms with Crippen LogP contribution in [-0.2, 0) is 33.4 Å². The molecule has 0 heterocycles. The van der Waals surface area contributed by atoms with E-state index in [-0.39, 0.29) is 30.6 Å². The number of carbonyl (C=O) groups is 4. The lowest BCUT2D eigenvalue weighted by atomic mass is 9.40. The van der Waals surface area contributed by atoms with E-state index in [1.807, 2.05) is 0 Å². The van der Waals surface area contributed by atoms with Crippen molar-refractivity contribution in [2.24, 2.45) is 34.5 Å². The smallest absolute Gasteiger partial charge is 0.303 e. The Hall–Kier alpha value is -1.96. The van der Waals surface area contributed by atoms with Crippen molar-refractivity contribution in [3.8, 4) is 0 Å². The fourth-order valence-corrected chi connectivity index (χ4v) is 8.84. The first-order valence-corrected chi connectivity index (χ1v) is 13.1. The summed E-state index contributed by atoms with van der Waals surface area (Å²) in [5, 5.41) is 12.8. The molecule has 4 fully saturated rings. The summed E-state index contributed by atoms with van der Waals surface area (Å²) in [6, 6.07) is 0. The summed E-state index contributed by atoms with van der Waals surface area (Å²) in [7, 11) is 0. The molecule has 0 aromatic heterocycles. The number of hydrogen-bond donors (Lipinski definition) is 1. The van der Waals surface area contributed by atoms with Crippen molar-refractivity contribution < 1.29 is 38.5 Å². The molecule has 0 radical (unpaired) electrons. The van der Waals surface area contributed by atoms with Gasteiger partial charge in [-0.15, -0.1) is 0 Å². The van der Waals surface area contributed by atoms with E-state index in [1.54, 1.807) is 6.92 Å². The molecular weight excluding hydrogens is 452 g/mol. The second kappa shape index (κ2) is 9.16. The number of esters is 3. The summed E-state index contributed by atoms with van der Waals surface area (Å²) >= 11 is 0. The predicted octanol–water partition coefficient (Wildman–Crippen LogP) is 3.37. The number of fused-ring (bicyclic) bond motifs is 5. The first kappa shape index (κ1) is 26.1. The summed E-state index contributed by atoms with van der Waals surface area (Å²) < 4.78 is 17.4. The van der Waals surface area contributed by atoms with Gasteiger partial charge in [-0.1, -0.05) is 19.8 Å². The Morgan fingerprint density at radius 1 is 0.914 bits per heavy atom. The monoisotopic (exact) mass is 492 g/mol. The lowest BCUT2D eigenvalue weighted by molar-refractivity contribution is -0.310. The van der Waals surface area contributed by atoms with Crippen LogP contribution in [0.2, 0.25) is 0 Å². The van der Waals surface area contributed by atoms with E-state index in [2.05, 4.69) is 6.92 Å². The van der Waals surface area contributed by atoms with Gasteiger partial charge in [0.1, 0.15) is 23.6 Å². The average Bonchev–Trinajstić information content (AvgIpc) is 3.12. The summed E-state index contributed by atoms with van der Waals surface area (Å²) in [5.74, 6) is -2.43. The molecule has 196 valence electrons. The maximum Gasteiger partial charge on any atom is 0.303 e. The van der Waals surface area contributed by atoms with E-state index in [4.69, 9.17) is 14.2 Å². The van der Waals surface area contributed by atoms with Gasteiger partial charge in [0.25, 0.3) is 0 Å². The van der Waals surface area contributed by atoms with E-state index >= 15 is 0 Å². The molecule has 0 unspecified atom stereocenters. The molecule has 9 atom stereocenters. The van der Waals surface area contributed by atoms with E-state index in [0.29, 0.717) is 19.3 Å². The van der Waals surface area contributed by atoms with Crippen LogP contribution in [0.3, 0.4) is 0 Å². The Labute approximate surface area is 207 Å². The van der Waals surface area contributed by atoms with Crippen molar-refractivity contribution in [2.45, 2.75) is 104 Å². The highest BCUT2D eigenvalue weighted by Crippen LogP contribution is 2.70. The standard InChI is InChI=1S/C27H40O8/c1-15(28)20-9-10-21-24-22(34-17(3)30)12-19-8-6-7-11-25(19,5)27(24,32)23(35-18(4)31)13-26(20,21)14-33-16(2)29/h19-24,32H,6-14H2,1-5H3/t19-,20+,21-,22+,23+,24+,25-,26-,27+/m0/s1. The number of carbonyl (C=O) groups excluding carboxylic acids is 4. The molecule has 4 rings (SSSR count). The van der Waals surface area contributed by atoms with Gasteiger partial charge in [-0.05, 0) is 57.3 Å². The molecule has 4 saturated carbocycles. The molecule has 8 heteroatoms. The molecule has 8 nitrogen and oxygen atoms in total. The van der Waals surface area contributed by atoms with Crippen LogP contribution in [0.25, 0.3) is 0 Å². The third kappa shape index (κ3) is 4.00. The number of ketones is 1. The first-order valence-electron chi connectivity index (χ1n) is 13.1. The molecule has 0 saturated heterocycles. The zero-order valence-electron chi connectivity index (χ0n) is 21.6. The van der Waals surface area contributed by atoms with Crippen molar-refractivity contribution in [3.63, 3.8) is 0 Å². The minimum absolute atomic E-state index is 0.00623. The highest BCUT2D eigenvalue weighted by molar-refractivity contribution is 5.80. The zero-order valence-corrected chi connectivity index (χ0v) is 21.6.